The highest BCUT2D eigenvalue weighted by molar-refractivity contribution is 6.31. The third kappa shape index (κ3) is 3.61. The zero-order chi connectivity index (χ0) is 20.7. The van der Waals surface area contributed by atoms with Crippen molar-refractivity contribution < 1.29 is 4.39 Å². The molecular weight excluding hydrogens is 393 g/mol. The Labute approximate surface area is 171 Å². The Morgan fingerprint density at radius 2 is 2.03 bits per heavy atom. The van der Waals surface area contributed by atoms with Crippen LogP contribution < -0.4 is 10.9 Å². The number of anilines is 1. The van der Waals surface area contributed by atoms with Crippen LogP contribution in [0.1, 0.15) is 24.2 Å². The van der Waals surface area contributed by atoms with Crippen molar-refractivity contribution in [3.8, 4) is 11.3 Å². The van der Waals surface area contributed by atoms with E-state index in [-0.39, 0.29) is 11.4 Å². The predicted molar refractivity (Wildman–Crippen MR) is 113 cm³/mol. The molecule has 0 spiro atoms. The lowest BCUT2D eigenvalue weighted by atomic mass is 10.1. The van der Waals surface area contributed by atoms with E-state index in [1.807, 2.05) is 13.0 Å². The Morgan fingerprint density at radius 3 is 2.76 bits per heavy atom. The van der Waals surface area contributed by atoms with Gasteiger partial charge in [0, 0.05) is 40.3 Å². The number of benzene rings is 1. The van der Waals surface area contributed by atoms with Gasteiger partial charge in [-0.05, 0) is 50.2 Å². The molecule has 0 radical (unpaired) electrons. The zero-order valence-electron chi connectivity index (χ0n) is 16.1. The molecule has 4 rings (SSSR count). The minimum Gasteiger partial charge on any atom is -0.361 e. The molecule has 0 bridgehead atoms. The largest absolute Gasteiger partial charge is 0.361 e. The van der Waals surface area contributed by atoms with Crippen molar-refractivity contribution in [2.24, 2.45) is 7.05 Å². The second kappa shape index (κ2) is 7.33. The molecule has 4 aromatic rings. The van der Waals surface area contributed by atoms with E-state index in [1.54, 1.807) is 49.0 Å². The van der Waals surface area contributed by atoms with Crippen molar-refractivity contribution in [3.05, 3.63) is 75.0 Å². The molecule has 0 aliphatic heterocycles. The number of pyridine rings is 2. The number of fused-ring (bicyclic) bond motifs is 1. The molecule has 0 amide bonds. The van der Waals surface area contributed by atoms with Crippen LogP contribution >= 0.6 is 11.6 Å². The van der Waals surface area contributed by atoms with Crippen LogP contribution in [0, 0.1) is 12.7 Å². The van der Waals surface area contributed by atoms with E-state index < -0.39 is 11.9 Å². The van der Waals surface area contributed by atoms with E-state index in [9.17, 15) is 4.79 Å². The highest BCUT2D eigenvalue weighted by Gasteiger charge is 2.18. The number of aromatic amines is 1. The van der Waals surface area contributed by atoms with Crippen LogP contribution in [0.5, 0.6) is 0 Å². The lowest BCUT2D eigenvalue weighted by Crippen LogP contribution is -2.20. The maximum Gasteiger partial charge on any atom is 0.253 e. The summed E-state index contributed by atoms with van der Waals surface area (Å²) in [4.78, 5) is 19.5. The molecular formula is C21H19ClFN5O. The molecule has 1 unspecified atom stereocenters. The van der Waals surface area contributed by atoms with Gasteiger partial charge in [0.05, 0.1) is 17.4 Å². The first kappa shape index (κ1) is 19.1. The predicted octanol–water partition coefficient (Wildman–Crippen LogP) is 4.60. The minimum atomic E-state index is -0.498. The SMILES string of the molecule is Cc1cc(-c2ccnc(NC(C)c3cc4cc(Cl)ccc4[nH]c3=O)c2F)n(C)n1. The normalized spacial score (nSPS) is 12.3. The van der Waals surface area contributed by atoms with Gasteiger partial charge in [0.25, 0.3) is 5.56 Å². The van der Waals surface area contributed by atoms with Gasteiger partial charge in [0.2, 0.25) is 0 Å². The van der Waals surface area contributed by atoms with E-state index in [4.69, 9.17) is 11.6 Å². The fourth-order valence-electron chi connectivity index (χ4n) is 3.40. The number of hydrogen-bond acceptors (Lipinski definition) is 4. The first-order valence-corrected chi connectivity index (χ1v) is 9.46. The lowest BCUT2D eigenvalue weighted by Gasteiger charge is -2.16. The van der Waals surface area contributed by atoms with Crippen molar-refractivity contribution in [3.63, 3.8) is 0 Å². The average Bonchev–Trinajstić information content (AvgIpc) is 3.01. The summed E-state index contributed by atoms with van der Waals surface area (Å²) in [6, 6.07) is 9.92. The summed E-state index contributed by atoms with van der Waals surface area (Å²) in [7, 11) is 1.76. The fraction of sp³-hybridized carbons (Fsp3) is 0.190. The summed E-state index contributed by atoms with van der Waals surface area (Å²) >= 11 is 6.06. The Hall–Kier alpha value is -3.19. The van der Waals surface area contributed by atoms with Crippen LogP contribution in [0.2, 0.25) is 5.02 Å². The number of rotatable bonds is 4. The smallest absolute Gasteiger partial charge is 0.253 e. The molecule has 1 aromatic carbocycles. The van der Waals surface area contributed by atoms with Gasteiger partial charge >= 0.3 is 0 Å². The van der Waals surface area contributed by atoms with E-state index in [2.05, 4.69) is 20.4 Å². The molecule has 3 heterocycles. The molecule has 0 saturated heterocycles. The number of nitrogens with one attached hydrogen (secondary N) is 2. The highest BCUT2D eigenvalue weighted by Crippen LogP contribution is 2.28. The van der Waals surface area contributed by atoms with Gasteiger partial charge in [-0.3, -0.25) is 9.48 Å². The summed E-state index contributed by atoms with van der Waals surface area (Å²) in [5.41, 5.74) is 2.73. The van der Waals surface area contributed by atoms with Crippen LogP contribution in [0.15, 0.2) is 47.4 Å². The second-order valence-corrected chi connectivity index (χ2v) is 7.40. The van der Waals surface area contributed by atoms with E-state index >= 15 is 4.39 Å². The summed E-state index contributed by atoms with van der Waals surface area (Å²) in [6.07, 6.45) is 1.53. The second-order valence-electron chi connectivity index (χ2n) is 6.97. The maximum absolute atomic E-state index is 15.2. The summed E-state index contributed by atoms with van der Waals surface area (Å²) in [6.45, 7) is 3.63. The number of halogens is 2. The van der Waals surface area contributed by atoms with Gasteiger partial charge in [-0.1, -0.05) is 11.6 Å². The van der Waals surface area contributed by atoms with E-state index in [1.165, 1.54) is 6.20 Å². The monoisotopic (exact) mass is 411 g/mol. The standard InChI is InChI=1S/C21H19ClFN5O/c1-11-8-18(28(3)27-11)15-6-7-24-20(19(15)23)25-12(2)16-10-13-9-14(22)4-5-17(13)26-21(16)29/h4-10,12H,1-3H3,(H,24,25)(H,26,29). The molecule has 148 valence electrons. The first-order chi connectivity index (χ1) is 13.8. The molecule has 0 aliphatic carbocycles. The molecule has 0 saturated carbocycles. The van der Waals surface area contributed by atoms with Gasteiger partial charge in [0.1, 0.15) is 0 Å². The van der Waals surface area contributed by atoms with Gasteiger partial charge < -0.3 is 10.3 Å². The van der Waals surface area contributed by atoms with Gasteiger partial charge in [0.15, 0.2) is 11.6 Å². The van der Waals surface area contributed by atoms with E-state index in [0.29, 0.717) is 27.4 Å². The molecule has 3 aromatic heterocycles. The Morgan fingerprint density at radius 1 is 1.24 bits per heavy atom. The summed E-state index contributed by atoms with van der Waals surface area (Å²) < 4.78 is 16.8. The van der Waals surface area contributed by atoms with Gasteiger partial charge in [-0.25, -0.2) is 9.37 Å². The van der Waals surface area contributed by atoms with Crippen molar-refractivity contribution in [2.45, 2.75) is 19.9 Å². The topological polar surface area (TPSA) is 75.6 Å². The number of aryl methyl sites for hydroxylation is 2. The van der Waals surface area contributed by atoms with E-state index in [0.717, 1.165) is 11.1 Å². The van der Waals surface area contributed by atoms with Crippen molar-refractivity contribution >= 4 is 28.3 Å². The van der Waals surface area contributed by atoms with Crippen LogP contribution in [-0.4, -0.2) is 19.7 Å². The first-order valence-electron chi connectivity index (χ1n) is 9.08. The number of hydrogen-bond donors (Lipinski definition) is 2. The number of nitrogens with zero attached hydrogens (tertiary/aromatic N) is 3. The number of aromatic nitrogens is 4. The Kier molecular flexibility index (Phi) is 4.84. The minimum absolute atomic E-state index is 0.0689. The van der Waals surface area contributed by atoms with Crippen LogP contribution in [0.25, 0.3) is 22.2 Å². The summed E-state index contributed by atoms with van der Waals surface area (Å²) in [5.74, 6) is -0.429. The molecule has 6 nitrogen and oxygen atoms in total. The Balaban J connectivity index is 1.70. The quantitative estimate of drug-likeness (QED) is 0.514. The van der Waals surface area contributed by atoms with Crippen LogP contribution in [0.4, 0.5) is 10.2 Å². The van der Waals surface area contributed by atoms with Gasteiger partial charge in [-0.2, -0.15) is 5.10 Å². The maximum atomic E-state index is 15.2. The van der Waals surface area contributed by atoms with Crippen molar-refractivity contribution in [2.75, 3.05) is 5.32 Å². The molecule has 29 heavy (non-hydrogen) atoms. The Bertz CT molecular complexity index is 1280. The third-order valence-electron chi connectivity index (χ3n) is 4.82. The van der Waals surface area contributed by atoms with Gasteiger partial charge in [-0.15, -0.1) is 0 Å². The molecule has 0 fully saturated rings. The number of H-pyrrole nitrogens is 1. The highest BCUT2D eigenvalue weighted by atomic mass is 35.5. The van der Waals surface area contributed by atoms with Crippen molar-refractivity contribution in [1.29, 1.82) is 0 Å². The lowest BCUT2D eigenvalue weighted by molar-refractivity contribution is 0.621. The third-order valence-corrected chi connectivity index (χ3v) is 5.06. The molecule has 0 aliphatic rings. The molecule has 1 atom stereocenters. The molecule has 8 heteroatoms. The zero-order valence-corrected chi connectivity index (χ0v) is 16.9. The average molecular weight is 412 g/mol. The van der Waals surface area contributed by atoms with Crippen molar-refractivity contribution in [1.82, 2.24) is 19.7 Å². The van der Waals surface area contributed by atoms with Crippen LogP contribution in [-0.2, 0) is 7.05 Å². The molecule has 2 N–H and O–H groups in total. The fourth-order valence-corrected chi connectivity index (χ4v) is 3.58. The summed E-state index contributed by atoms with van der Waals surface area (Å²) in [5, 5.41) is 8.65. The van der Waals surface area contributed by atoms with Crippen LogP contribution in [0.3, 0.4) is 0 Å².